The van der Waals surface area contributed by atoms with E-state index >= 15 is 4.39 Å². The Balaban J connectivity index is 1.63. The Morgan fingerprint density at radius 1 is 1.29 bits per heavy atom. The fourth-order valence-electron chi connectivity index (χ4n) is 3.80. The van der Waals surface area contributed by atoms with E-state index in [1.165, 1.54) is 23.9 Å². The molecule has 174 valence electrons. The van der Waals surface area contributed by atoms with Gasteiger partial charge in [-0.25, -0.2) is 19.3 Å². The summed E-state index contributed by atoms with van der Waals surface area (Å²) in [7, 11) is 1.68. The van der Waals surface area contributed by atoms with Crippen LogP contribution in [0, 0.1) is 11.7 Å². The topological polar surface area (TPSA) is 108 Å². The van der Waals surface area contributed by atoms with E-state index < -0.39 is 0 Å². The summed E-state index contributed by atoms with van der Waals surface area (Å²) in [6.45, 7) is 3.31. The molecule has 0 spiro atoms. The minimum absolute atomic E-state index is 0.101. The van der Waals surface area contributed by atoms with Gasteiger partial charge in [-0.3, -0.25) is 4.99 Å². The van der Waals surface area contributed by atoms with E-state index in [9.17, 15) is 0 Å². The molecule has 1 fully saturated rings. The zero-order chi connectivity index (χ0) is 23.7. The molecule has 1 aliphatic rings. The smallest absolute Gasteiger partial charge is 0.166 e. The molecule has 1 aliphatic heterocycles. The fraction of sp³-hybridized carbons (Fsp3) is 0.250. The lowest BCUT2D eigenvalue weighted by Gasteiger charge is -2.32. The standard InChI is InChI=1S/C24H23FN6O2S/c1-13(16-9-32-10-16)33-20-6-14(15(7-26)8-27-2)5-19-21(20)24(29-11-28-19)31-17-3-4-18-23(22(17)25)34-12-30-18/h3-8,11-13,16H,9-10,26H2,1-2H3,(H,28,29,31)/b15-7+,27-8?. The van der Waals surface area contributed by atoms with Crippen molar-refractivity contribution in [3.63, 3.8) is 0 Å². The Kier molecular flexibility index (Phi) is 6.08. The largest absolute Gasteiger partial charge is 0.489 e. The highest BCUT2D eigenvalue weighted by atomic mass is 32.1. The Morgan fingerprint density at radius 2 is 2.15 bits per heavy atom. The normalized spacial score (nSPS) is 15.7. The van der Waals surface area contributed by atoms with Crippen LogP contribution >= 0.6 is 11.3 Å². The van der Waals surface area contributed by atoms with Gasteiger partial charge in [0.15, 0.2) is 5.82 Å². The summed E-state index contributed by atoms with van der Waals surface area (Å²) in [5, 5.41) is 3.78. The number of nitrogens with zero attached hydrogens (tertiary/aromatic N) is 4. The average Bonchev–Trinajstić information content (AvgIpc) is 3.27. The number of aliphatic imine (C=N–C) groups is 1. The van der Waals surface area contributed by atoms with Crippen molar-refractivity contribution in [3.8, 4) is 5.75 Å². The number of aromatic nitrogens is 3. The summed E-state index contributed by atoms with van der Waals surface area (Å²) >= 11 is 1.25. The van der Waals surface area contributed by atoms with E-state index in [-0.39, 0.29) is 17.8 Å². The molecule has 10 heteroatoms. The number of nitrogens with one attached hydrogen (secondary N) is 1. The molecule has 2 aromatic heterocycles. The zero-order valence-corrected chi connectivity index (χ0v) is 19.5. The van der Waals surface area contributed by atoms with E-state index in [0.717, 1.165) is 11.1 Å². The molecule has 1 unspecified atom stereocenters. The first-order valence-electron chi connectivity index (χ1n) is 10.8. The first-order chi connectivity index (χ1) is 16.6. The molecular formula is C24H23FN6O2S. The molecule has 4 aromatic rings. The van der Waals surface area contributed by atoms with Crippen LogP contribution in [-0.4, -0.2) is 47.5 Å². The Morgan fingerprint density at radius 3 is 2.88 bits per heavy atom. The quantitative estimate of drug-likeness (QED) is 0.376. The van der Waals surface area contributed by atoms with Gasteiger partial charge in [0, 0.05) is 31.0 Å². The number of hydrogen-bond donors (Lipinski definition) is 2. The molecular weight excluding hydrogens is 455 g/mol. The monoisotopic (exact) mass is 478 g/mol. The molecule has 5 rings (SSSR count). The van der Waals surface area contributed by atoms with Crippen molar-refractivity contribution >= 4 is 55.7 Å². The zero-order valence-electron chi connectivity index (χ0n) is 18.7. The third-order valence-electron chi connectivity index (χ3n) is 5.82. The molecule has 3 N–H and O–H groups in total. The van der Waals surface area contributed by atoms with Gasteiger partial charge in [0.1, 0.15) is 24.0 Å². The Hall–Kier alpha value is -3.63. The number of allylic oxidation sites excluding steroid dienone is 1. The molecule has 1 atom stereocenters. The lowest BCUT2D eigenvalue weighted by molar-refractivity contribution is -0.0773. The highest BCUT2D eigenvalue weighted by Gasteiger charge is 2.28. The van der Waals surface area contributed by atoms with Crippen molar-refractivity contribution in [2.24, 2.45) is 16.6 Å². The number of fused-ring (bicyclic) bond motifs is 2. The summed E-state index contributed by atoms with van der Waals surface area (Å²) in [6, 6.07) is 7.20. The SMILES string of the molecule is CN=C/C(=C\N)c1cc(OC(C)C2COC2)c2c(Nc3ccc4ncsc4c3F)ncnc2c1. The predicted octanol–water partition coefficient (Wildman–Crippen LogP) is 4.54. The number of nitrogens with two attached hydrogens (primary N) is 1. The maximum absolute atomic E-state index is 15.1. The van der Waals surface area contributed by atoms with Crippen LogP contribution in [0.2, 0.25) is 0 Å². The predicted molar refractivity (Wildman–Crippen MR) is 133 cm³/mol. The van der Waals surface area contributed by atoms with Gasteiger partial charge < -0.3 is 20.5 Å². The third kappa shape index (κ3) is 4.06. The molecule has 3 heterocycles. The molecule has 0 bridgehead atoms. The second kappa shape index (κ2) is 9.32. The van der Waals surface area contributed by atoms with Crippen molar-refractivity contribution < 1.29 is 13.9 Å². The van der Waals surface area contributed by atoms with Gasteiger partial charge in [-0.15, -0.1) is 11.3 Å². The van der Waals surface area contributed by atoms with Gasteiger partial charge in [0.25, 0.3) is 0 Å². The average molecular weight is 479 g/mol. The summed E-state index contributed by atoms with van der Waals surface area (Å²) in [6.07, 6.45) is 4.50. The van der Waals surface area contributed by atoms with Crippen LogP contribution in [0.15, 0.2) is 47.3 Å². The number of halogens is 1. The van der Waals surface area contributed by atoms with Gasteiger partial charge in [0.2, 0.25) is 0 Å². The van der Waals surface area contributed by atoms with Crippen molar-refractivity contribution in [2.75, 3.05) is 25.6 Å². The summed E-state index contributed by atoms with van der Waals surface area (Å²) in [4.78, 5) is 17.1. The van der Waals surface area contributed by atoms with E-state index in [1.807, 2.05) is 19.1 Å². The lowest BCUT2D eigenvalue weighted by atomic mass is 10.0. The number of anilines is 2. The number of ether oxygens (including phenoxy) is 2. The number of benzene rings is 2. The molecule has 0 aliphatic carbocycles. The van der Waals surface area contributed by atoms with E-state index in [4.69, 9.17) is 15.2 Å². The molecule has 34 heavy (non-hydrogen) atoms. The van der Waals surface area contributed by atoms with Crippen LogP contribution in [0.3, 0.4) is 0 Å². The van der Waals surface area contributed by atoms with Crippen molar-refractivity contribution in [1.29, 1.82) is 0 Å². The highest BCUT2D eigenvalue weighted by Crippen LogP contribution is 2.37. The molecule has 2 aromatic carbocycles. The number of hydrogen-bond acceptors (Lipinski definition) is 9. The Bertz CT molecular complexity index is 1420. The van der Waals surface area contributed by atoms with Crippen molar-refractivity contribution in [1.82, 2.24) is 15.0 Å². The van der Waals surface area contributed by atoms with E-state index in [1.54, 1.807) is 30.9 Å². The molecule has 8 nitrogen and oxygen atoms in total. The third-order valence-corrected chi connectivity index (χ3v) is 6.65. The summed E-state index contributed by atoms with van der Waals surface area (Å²) in [5.41, 5.74) is 10.5. The van der Waals surface area contributed by atoms with E-state index in [2.05, 4.69) is 25.3 Å². The fourth-order valence-corrected chi connectivity index (χ4v) is 4.53. The van der Waals surface area contributed by atoms with Gasteiger partial charge in [0.05, 0.1) is 45.5 Å². The Labute approximate surface area is 199 Å². The van der Waals surface area contributed by atoms with Gasteiger partial charge >= 0.3 is 0 Å². The van der Waals surface area contributed by atoms with Crippen LogP contribution in [0.1, 0.15) is 12.5 Å². The van der Waals surface area contributed by atoms with Crippen LogP contribution in [-0.2, 0) is 4.74 Å². The first-order valence-corrected chi connectivity index (χ1v) is 11.6. The van der Waals surface area contributed by atoms with E-state index in [0.29, 0.717) is 51.6 Å². The van der Waals surface area contributed by atoms with Crippen LogP contribution < -0.4 is 15.8 Å². The van der Waals surface area contributed by atoms with Gasteiger partial charge in [-0.1, -0.05) is 0 Å². The van der Waals surface area contributed by atoms with Crippen LogP contribution in [0.4, 0.5) is 15.9 Å². The molecule has 0 amide bonds. The summed E-state index contributed by atoms with van der Waals surface area (Å²) < 4.78 is 27.4. The van der Waals surface area contributed by atoms with Crippen molar-refractivity contribution in [2.45, 2.75) is 13.0 Å². The molecule has 1 saturated heterocycles. The second-order valence-corrected chi connectivity index (χ2v) is 8.83. The minimum atomic E-state index is -0.377. The lowest BCUT2D eigenvalue weighted by Crippen LogP contribution is -2.39. The minimum Gasteiger partial charge on any atom is -0.489 e. The second-order valence-electron chi connectivity index (χ2n) is 7.97. The number of thiazole rings is 1. The van der Waals surface area contributed by atoms with Gasteiger partial charge in [-0.2, -0.15) is 0 Å². The highest BCUT2D eigenvalue weighted by molar-refractivity contribution is 7.16. The van der Waals surface area contributed by atoms with Gasteiger partial charge in [-0.05, 0) is 36.8 Å². The van der Waals surface area contributed by atoms with Crippen LogP contribution in [0.25, 0.3) is 26.7 Å². The maximum Gasteiger partial charge on any atom is 0.166 e. The molecule has 0 saturated carbocycles. The van der Waals surface area contributed by atoms with Crippen LogP contribution in [0.5, 0.6) is 5.75 Å². The molecule has 0 radical (unpaired) electrons. The first kappa shape index (κ1) is 22.2. The maximum atomic E-state index is 15.1. The number of rotatable bonds is 7. The van der Waals surface area contributed by atoms with Crippen molar-refractivity contribution in [3.05, 3.63) is 53.7 Å². The summed E-state index contributed by atoms with van der Waals surface area (Å²) in [5.74, 6) is 0.915.